The van der Waals surface area contributed by atoms with Gasteiger partial charge in [-0.25, -0.2) is 29.9 Å². The molecule has 0 N–H and O–H groups in total. The molecule has 480 valence electrons. The molecule has 0 amide bonds. The molecule has 3 aromatic heterocycles. The van der Waals surface area contributed by atoms with Gasteiger partial charge >= 0.3 is 0 Å². The maximum absolute atomic E-state index is 5.29. The average molecular weight is 1310 g/mol. The molecule has 16 aromatic rings. The first-order chi connectivity index (χ1) is 50.6. The SMILES string of the molecule is c1ccc(C2(c3ccccc3)c3ccccc3N(c3cnc(-c4cc(-c5ncc(N6c7ccccc7C(c7ccccc7)(c7ccccc7)c7ccccc76)cn5)cc(-c5ncc(N6c7ccccc7C(c7ccccc7)(c7ccccc7)c7ccccc76)cn5)c4)nc3)c3ccccc32)cc1. The summed E-state index contributed by atoms with van der Waals surface area (Å²) in [6, 6.07) is 124. The van der Waals surface area contributed by atoms with Crippen LogP contribution < -0.4 is 14.7 Å². The summed E-state index contributed by atoms with van der Waals surface area (Å²) in [7, 11) is 0. The van der Waals surface area contributed by atoms with Crippen molar-refractivity contribution in [1.29, 1.82) is 0 Å². The standard InChI is InChI=1S/C93H63N9/c1-7-31-67(32-8-1)91(68-33-9-2-10-34-68)76-43-19-25-49-82(76)100(83-50-26-20-44-77(83)91)73-58-94-88(95-59-73)64-55-65(89-96-60-74(61-97-89)101-84-51-27-21-45-78(84)92(69-35-11-3-12-36-69,70-37-13-4-14-38-70)79-46-22-28-52-85(79)101)57-66(56-64)90-98-62-75(63-99-90)102-86-53-29-23-47-80(86)93(71-39-15-5-16-40-71,72-41-17-6-18-42-72)81-48-24-30-54-87(81)102/h1-63H. The van der Waals surface area contributed by atoms with Crippen LogP contribution in [0, 0.1) is 0 Å². The predicted octanol–water partition coefficient (Wildman–Crippen LogP) is 21.6. The zero-order chi connectivity index (χ0) is 67.6. The Hall–Kier alpha value is -13.5. The number of aromatic nitrogens is 6. The Morgan fingerprint density at radius 3 is 0.510 bits per heavy atom. The van der Waals surface area contributed by atoms with E-state index >= 15 is 0 Å². The van der Waals surface area contributed by atoms with Gasteiger partial charge in [0.25, 0.3) is 0 Å². The monoisotopic (exact) mass is 1310 g/mol. The van der Waals surface area contributed by atoms with Crippen molar-refractivity contribution in [3.8, 4) is 34.2 Å². The first kappa shape index (κ1) is 59.7. The van der Waals surface area contributed by atoms with Crippen molar-refractivity contribution in [3.05, 3.63) is 450 Å². The van der Waals surface area contributed by atoms with Gasteiger partial charge in [-0.05, 0) is 121 Å². The fraction of sp³-hybridized carbons (Fsp3) is 0.0323. The van der Waals surface area contributed by atoms with Gasteiger partial charge in [0.1, 0.15) is 0 Å². The Bertz CT molecular complexity index is 4920. The molecule has 0 spiro atoms. The van der Waals surface area contributed by atoms with Gasteiger partial charge in [0.05, 0.1) is 105 Å². The summed E-state index contributed by atoms with van der Waals surface area (Å²) >= 11 is 0. The number of nitrogens with zero attached hydrogens (tertiary/aromatic N) is 9. The average Bonchev–Trinajstić information content (AvgIpc) is 0.711. The summed E-state index contributed by atoms with van der Waals surface area (Å²) in [5.41, 5.74) is 23.1. The summed E-state index contributed by atoms with van der Waals surface area (Å²) in [5, 5.41) is 0. The second kappa shape index (κ2) is 24.5. The van der Waals surface area contributed by atoms with Crippen LogP contribution >= 0.6 is 0 Å². The van der Waals surface area contributed by atoms with Crippen LogP contribution in [-0.2, 0) is 16.2 Å². The third-order valence-electron chi connectivity index (χ3n) is 20.9. The third-order valence-corrected chi connectivity index (χ3v) is 20.9. The Morgan fingerprint density at radius 2 is 0.333 bits per heavy atom. The molecular weight excluding hydrogens is 1240 g/mol. The lowest BCUT2D eigenvalue weighted by Crippen LogP contribution is -2.37. The summed E-state index contributed by atoms with van der Waals surface area (Å²) in [5.74, 6) is 1.54. The molecule has 6 heterocycles. The van der Waals surface area contributed by atoms with Crippen molar-refractivity contribution < 1.29 is 0 Å². The summed E-state index contributed by atoms with van der Waals surface area (Å²) in [6.07, 6.45) is 11.6. The minimum Gasteiger partial charge on any atom is -0.307 e. The van der Waals surface area contributed by atoms with E-state index in [1.807, 2.05) is 37.2 Å². The fourth-order valence-electron chi connectivity index (χ4n) is 16.8. The molecule has 0 radical (unpaired) electrons. The van der Waals surface area contributed by atoms with Crippen LogP contribution in [0.4, 0.5) is 51.2 Å². The topological polar surface area (TPSA) is 87.1 Å². The van der Waals surface area contributed by atoms with Crippen LogP contribution in [0.25, 0.3) is 34.2 Å². The Morgan fingerprint density at radius 1 is 0.176 bits per heavy atom. The molecule has 102 heavy (non-hydrogen) atoms. The summed E-state index contributed by atoms with van der Waals surface area (Å²) < 4.78 is 0. The zero-order valence-electron chi connectivity index (χ0n) is 55.4. The van der Waals surface area contributed by atoms with Crippen LogP contribution in [0.2, 0.25) is 0 Å². The molecular formula is C93H63N9. The first-order valence-electron chi connectivity index (χ1n) is 34.5. The van der Waals surface area contributed by atoms with Crippen LogP contribution in [0.3, 0.4) is 0 Å². The quantitative estimate of drug-likeness (QED) is 0.119. The molecule has 0 fully saturated rings. The molecule has 0 saturated carbocycles. The number of hydrogen-bond acceptors (Lipinski definition) is 9. The third kappa shape index (κ3) is 9.18. The lowest BCUT2D eigenvalue weighted by molar-refractivity contribution is 0.731. The normalized spacial score (nSPS) is 14.1. The molecule has 0 aliphatic carbocycles. The number of benzene rings is 13. The molecule has 0 saturated heterocycles. The number of rotatable bonds is 12. The van der Waals surface area contributed by atoms with Crippen molar-refractivity contribution in [2.24, 2.45) is 0 Å². The molecule has 0 bridgehead atoms. The molecule has 13 aromatic carbocycles. The van der Waals surface area contributed by atoms with E-state index in [-0.39, 0.29) is 0 Å². The van der Waals surface area contributed by atoms with Crippen molar-refractivity contribution in [2.75, 3.05) is 14.7 Å². The molecule has 3 aliphatic rings. The highest BCUT2D eigenvalue weighted by atomic mass is 15.2. The van der Waals surface area contributed by atoms with Crippen LogP contribution in [-0.4, -0.2) is 29.9 Å². The minimum absolute atomic E-state index is 0.514. The fourth-order valence-corrected chi connectivity index (χ4v) is 16.8. The summed E-state index contributed by atoms with van der Waals surface area (Å²) in [6.45, 7) is 0. The highest BCUT2D eigenvalue weighted by Gasteiger charge is 2.50. The van der Waals surface area contributed by atoms with Crippen LogP contribution in [0.15, 0.2) is 383 Å². The van der Waals surface area contributed by atoms with Gasteiger partial charge in [-0.1, -0.05) is 291 Å². The van der Waals surface area contributed by atoms with E-state index in [0.717, 1.165) is 101 Å². The molecule has 0 unspecified atom stereocenters. The second-order valence-corrected chi connectivity index (χ2v) is 26.1. The van der Waals surface area contributed by atoms with E-state index in [1.54, 1.807) is 0 Å². The molecule has 19 rings (SSSR count). The largest absolute Gasteiger partial charge is 0.307 e. The van der Waals surface area contributed by atoms with Gasteiger partial charge in [-0.15, -0.1) is 0 Å². The molecule has 9 nitrogen and oxygen atoms in total. The first-order valence-corrected chi connectivity index (χ1v) is 34.5. The highest BCUT2D eigenvalue weighted by Crippen LogP contribution is 2.61. The van der Waals surface area contributed by atoms with Crippen LogP contribution in [0.1, 0.15) is 66.8 Å². The summed E-state index contributed by atoms with van der Waals surface area (Å²) in [4.78, 5) is 38.7. The number of para-hydroxylation sites is 6. The number of anilines is 9. The lowest BCUT2D eigenvalue weighted by Gasteiger charge is -2.46. The molecule has 3 aliphatic heterocycles. The minimum atomic E-state index is -0.622. The van der Waals surface area contributed by atoms with E-state index < -0.39 is 16.2 Å². The van der Waals surface area contributed by atoms with Gasteiger partial charge in [0, 0.05) is 16.7 Å². The number of fused-ring (bicyclic) bond motifs is 6. The van der Waals surface area contributed by atoms with Gasteiger partial charge in [-0.3, -0.25) is 0 Å². The maximum Gasteiger partial charge on any atom is 0.159 e. The van der Waals surface area contributed by atoms with Gasteiger partial charge in [0.2, 0.25) is 0 Å². The maximum atomic E-state index is 5.29. The van der Waals surface area contributed by atoms with Crippen LogP contribution in [0.5, 0.6) is 0 Å². The lowest BCUT2D eigenvalue weighted by atomic mass is 9.62. The number of hydrogen-bond donors (Lipinski definition) is 0. The predicted molar refractivity (Wildman–Crippen MR) is 409 cm³/mol. The smallest absolute Gasteiger partial charge is 0.159 e. The van der Waals surface area contributed by atoms with Crippen molar-refractivity contribution in [3.63, 3.8) is 0 Å². The van der Waals surface area contributed by atoms with Crippen molar-refractivity contribution in [1.82, 2.24) is 29.9 Å². The van der Waals surface area contributed by atoms with E-state index in [9.17, 15) is 0 Å². The van der Waals surface area contributed by atoms with E-state index in [0.29, 0.717) is 17.5 Å². The Balaban J connectivity index is 0.740. The zero-order valence-corrected chi connectivity index (χ0v) is 55.4. The van der Waals surface area contributed by atoms with Gasteiger partial charge < -0.3 is 14.7 Å². The Labute approximate surface area is 592 Å². The highest BCUT2D eigenvalue weighted by molar-refractivity contribution is 5.93. The second-order valence-electron chi connectivity index (χ2n) is 26.1. The molecule has 9 heteroatoms. The Kier molecular flexibility index (Phi) is 14.3. The van der Waals surface area contributed by atoms with Crippen molar-refractivity contribution >= 4 is 51.2 Å². The van der Waals surface area contributed by atoms with Crippen molar-refractivity contribution in [2.45, 2.75) is 16.2 Å². The molecule has 0 atom stereocenters. The van der Waals surface area contributed by atoms with Gasteiger partial charge in [0.15, 0.2) is 17.5 Å². The van der Waals surface area contributed by atoms with Gasteiger partial charge in [-0.2, -0.15) is 0 Å². The van der Waals surface area contributed by atoms with E-state index in [4.69, 9.17) is 29.9 Å². The van der Waals surface area contributed by atoms with E-state index in [1.165, 1.54) is 33.4 Å². The van der Waals surface area contributed by atoms with E-state index in [2.05, 4.69) is 360 Å².